The predicted octanol–water partition coefficient (Wildman–Crippen LogP) is 3.15. The van der Waals surface area contributed by atoms with Gasteiger partial charge in [-0.05, 0) is 17.7 Å². The Bertz CT molecular complexity index is 365. The normalized spacial score (nSPS) is 9.21. The summed E-state index contributed by atoms with van der Waals surface area (Å²) in [4.78, 5) is 11.2. The fraction of sp³-hybridized carbons (Fsp3) is 0. The molecule has 0 atom stereocenters. The number of rotatable bonds is 3. The second-order valence-corrected chi connectivity index (χ2v) is 3.47. The van der Waals surface area contributed by atoms with Crippen molar-refractivity contribution in [3.8, 4) is 0 Å². The maximum Gasteiger partial charge on any atom is 0.342 e. The molecule has 1 rings (SSSR count). The number of esters is 1. The SMILES string of the molecule is C=COC(=O)C(=C)c1ccc(Br)cc1. The van der Waals surface area contributed by atoms with Crippen LogP contribution in [0.2, 0.25) is 0 Å². The smallest absolute Gasteiger partial charge is 0.342 e. The highest BCUT2D eigenvalue weighted by atomic mass is 79.9. The van der Waals surface area contributed by atoms with Crippen LogP contribution in [0.1, 0.15) is 5.56 Å². The number of halogens is 1. The summed E-state index contributed by atoms with van der Waals surface area (Å²) in [5.41, 5.74) is 1.05. The number of hydrogen-bond donors (Lipinski definition) is 0. The predicted molar refractivity (Wildman–Crippen MR) is 59.5 cm³/mol. The molecular weight excluding hydrogens is 244 g/mol. The van der Waals surface area contributed by atoms with Gasteiger partial charge in [0, 0.05) is 4.47 Å². The zero-order valence-corrected chi connectivity index (χ0v) is 9.08. The van der Waals surface area contributed by atoms with Crippen LogP contribution in [0.5, 0.6) is 0 Å². The van der Waals surface area contributed by atoms with E-state index >= 15 is 0 Å². The minimum Gasteiger partial charge on any atom is -0.432 e. The molecule has 0 aliphatic rings. The van der Waals surface area contributed by atoms with Crippen LogP contribution < -0.4 is 0 Å². The molecule has 0 aromatic heterocycles. The van der Waals surface area contributed by atoms with Crippen LogP contribution >= 0.6 is 15.9 Å². The zero-order valence-electron chi connectivity index (χ0n) is 7.50. The summed E-state index contributed by atoms with van der Waals surface area (Å²) in [6.07, 6.45) is 1.09. The van der Waals surface area contributed by atoms with Crippen molar-refractivity contribution in [2.75, 3.05) is 0 Å². The van der Waals surface area contributed by atoms with Crippen molar-refractivity contribution in [2.24, 2.45) is 0 Å². The first kappa shape index (κ1) is 10.7. The van der Waals surface area contributed by atoms with Crippen LogP contribution in [-0.4, -0.2) is 5.97 Å². The average molecular weight is 253 g/mol. The van der Waals surface area contributed by atoms with Gasteiger partial charge >= 0.3 is 5.97 Å². The third-order valence-corrected chi connectivity index (χ3v) is 2.16. The molecule has 0 fully saturated rings. The van der Waals surface area contributed by atoms with Crippen LogP contribution in [0.4, 0.5) is 0 Å². The lowest BCUT2D eigenvalue weighted by molar-refractivity contribution is -0.131. The minimum atomic E-state index is -0.484. The highest BCUT2D eigenvalue weighted by Crippen LogP contribution is 2.17. The largest absolute Gasteiger partial charge is 0.432 e. The van der Waals surface area contributed by atoms with Crippen LogP contribution in [0.15, 0.2) is 48.2 Å². The first-order chi connectivity index (χ1) is 6.65. The van der Waals surface area contributed by atoms with Gasteiger partial charge in [0.1, 0.15) is 0 Å². The maximum atomic E-state index is 11.2. The van der Waals surface area contributed by atoms with Gasteiger partial charge in [0.25, 0.3) is 0 Å². The van der Waals surface area contributed by atoms with Gasteiger partial charge in [-0.1, -0.05) is 41.2 Å². The highest BCUT2D eigenvalue weighted by Gasteiger charge is 2.08. The van der Waals surface area contributed by atoms with E-state index < -0.39 is 5.97 Å². The lowest BCUT2D eigenvalue weighted by Gasteiger charge is -2.03. The third kappa shape index (κ3) is 2.57. The molecule has 1 aromatic carbocycles. The van der Waals surface area contributed by atoms with E-state index in [1.807, 2.05) is 12.1 Å². The Morgan fingerprint density at radius 3 is 2.43 bits per heavy atom. The Balaban J connectivity index is 2.84. The molecule has 0 aliphatic heterocycles. The second-order valence-electron chi connectivity index (χ2n) is 2.56. The van der Waals surface area contributed by atoms with Crippen molar-refractivity contribution in [1.82, 2.24) is 0 Å². The molecule has 0 spiro atoms. The lowest BCUT2D eigenvalue weighted by atomic mass is 10.1. The van der Waals surface area contributed by atoms with Crippen LogP contribution in [0.3, 0.4) is 0 Å². The minimum absolute atomic E-state index is 0.317. The Morgan fingerprint density at radius 1 is 1.36 bits per heavy atom. The van der Waals surface area contributed by atoms with Gasteiger partial charge in [-0.3, -0.25) is 0 Å². The molecule has 3 heteroatoms. The van der Waals surface area contributed by atoms with Crippen molar-refractivity contribution in [1.29, 1.82) is 0 Å². The quantitative estimate of drug-likeness (QED) is 0.470. The summed E-state index contributed by atoms with van der Waals surface area (Å²) >= 11 is 3.30. The van der Waals surface area contributed by atoms with Crippen LogP contribution in [-0.2, 0) is 9.53 Å². The summed E-state index contributed by atoms with van der Waals surface area (Å²) in [5, 5.41) is 0. The Labute approximate surface area is 91.0 Å². The van der Waals surface area contributed by atoms with Gasteiger partial charge in [0.15, 0.2) is 0 Å². The lowest BCUT2D eigenvalue weighted by Crippen LogP contribution is -2.01. The molecule has 0 amide bonds. The highest BCUT2D eigenvalue weighted by molar-refractivity contribution is 9.10. The van der Waals surface area contributed by atoms with Gasteiger partial charge in [0.05, 0.1) is 11.8 Å². The van der Waals surface area contributed by atoms with Crippen molar-refractivity contribution in [3.05, 3.63) is 53.7 Å². The molecule has 0 aliphatic carbocycles. The topological polar surface area (TPSA) is 26.3 Å². The Kier molecular flexibility index (Phi) is 3.65. The number of ether oxygens (including phenoxy) is 1. The summed E-state index contributed by atoms with van der Waals surface area (Å²) in [6, 6.07) is 7.25. The Morgan fingerprint density at radius 2 is 1.93 bits per heavy atom. The molecule has 14 heavy (non-hydrogen) atoms. The van der Waals surface area contributed by atoms with E-state index in [0.717, 1.165) is 16.3 Å². The van der Waals surface area contributed by atoms with E-state index in [-0.39, 0.29) is 0 Å². The summed E-state index contributed by atoms with van der Waals surface area (Å²) in [6.45, 7) is 6.93. The molecule has 0 heterocycles. The molecule has 0 unspecified atom stereocenters. The average Bonchev–Trinajstić information content (AvgIpc) is 2.18. The summed E-state index contributed by atoms with van der Waals surface area (Å²) < 4.78 is 5.55. The van der Waals surface area contributed by atoms with E-state index in [9.17, 15) is 4.79 Å². The summed E-state index contributed by atoms with van der Waals surface area (Å²) in [7, 11) is 0. The molecule has 72 valence electrons. The van der Waals surface area contributed by atoms with Gasteiger partial charge in [0.2, 0.25) is 0 Å². The van der Waals surface area contributed by atoms with E-state index in [4.69, 9.17) is 0 Å². The number of carbonyl (C=O) groups is 1. The van der Waals surface area contributed by atoms with Crippen molar-refractivity contribution >= 4 is 27.5 Å². The first-order valence-corrected chi connectivity index (χ1v) is 4.71. The zero-order chi connectivity index (χ0) is 10.6. The molecule has 0 radical (unpaired) electrons. The summed E-state index contributed by atoms with van der Waals surface area (Å²) in [5.74, 6) is -0.484. The molecule has 0 bridgehead atoms. The van der Waals surface area contributed by atoms with Gasteiger partial charge in [-0.2, -0.15) is 0 Å². The fourth-order valence-corrected chi connectivity index (χ4v) is 1.18. The number of hydrogen-bond acceptors (Lipinski definition) is 2. The van der Waals surface area contributed by atoms with E-state index in [0.29, 0.717) is 5.57 Å². The third-order valence-electron chi connectivity index (χ3n) is 1.63. The van der Waals surface area contributed by atoms with Gasteiger partial charge in [-0.25, -0.2) is 4.79 Å². The van der Waals surface area contributed by atoms with Crippen molar-refractivity contribution in [3.63, 3.8) is 0 Å². The molecule has 1 aromatic rings. The van der Waals surface area contributed by atoms with Gasteiger partial charge < -0.3 is 4.74 Å². The number of benzene rings is 1. The van der Waals surface area contributed by atoms with E-state index in [1.54, 1.807) is 12.1 Å². The molecular formula is C11H9BrO2. The van der Waals surface area contributed by atoms with Crippen LogP contribution in [0, 0.1) is 0 Å². The van der Waals surface area contributed by atoms with Crippen molar-refractivity contribution < 1.29 is 9.53 Å². The molecule has 0 N–H and O–H groups in total. The van der Waals surface area contributed by atoms with E-state index in [1.165, 1.54) is 0 Å². The van der Waals surface area contributed by atoms with Gasteiger partial charge in [-0.15, -0.1) is 0 Å². The molecule has 2 nitrogen and oxygen atoms in total. The van der Waals surface area contributed by atoms with Crippen molar-refractivity contribution in [2.45, 2.75) is 0 Å². The Hall–Kier alpha value is -1.35. The monoisotopic (exact) mass is 252 g/mol. The standard InChI is InChI=1S/C11H9BrO2/c1-3-14-11(13)8(2)9-4-6-10(12)7-5-9/h3-7H,1-2H2. The maximum absolute atomic E-state index is 11.2. The molecule has 0 saturated carbocycles. The molecule has 0 saturated heterocycles. The first-order valence-electron chi connectivity index (χ1n) is 3.92. The fourth-order valence-electron chi connectivity index (χ4n) is 0.916. The van der Waals surface area contributed by atoms with E-state index in [2.05, 4.69) is 33.8 Å². The van der Waals surface area contributed by atoms with Crippen LogP contribution in [0.25, 0.3) is 5.57 Å². The number of carbonyl (C=O) groups excluding carboxylic acids is 1. The second kappa shape index (κ2) is 4.77.